The van der Waals surface area contributed by atoms with E-state index in [4.69, 9.17) is 30.9 Å². The fraction of sp³-hybridized carbons (Fsp3) is 0.750. The summed E-state index contributed by atoms with van der Waals surface area (Å²) < 4.78 is 50.8. The van der Waals surface area contributed by atoms with Gasteiger partial charge in [0, 0.05) is 12.6 Å². The molecule has 186 valence electrons. The second-order valence-electron chi connectivity index (χ2n) is 6.90. The fourth-order valence-electron chi connectivity index (χ4n) is 2.86. The molecule has 3 unspecified atom stereocenters. The number of nitrogens with two attached hydrogens (primary N) is 2. The zero-order valence-electron chi connectivity index (χ0n) is 16.4. The third-order valence-electron chi connectivity index (χ3n) is 4.23. The average molecular weight is 526 g/mol. The summed E-state index contributed by atoms with van der Waals surface area (Å²) in [6, 6.07) is -0.627. The number of carbonyl (C=O) groups excluding carboxylic acids is 1. The van der Waals surface area contributed by atoms with Gasteiger partial charge in [0.1, 0.15) is 18.0 Å². The van der Waals surface area contributed by atoms with Crippen molar-refractivity contribution in [3.8, 4) is 0 Å². The number of nitrogens with zero attached hydrogens (tertiary/aromatic N) is 1. The van der Waals surface area contributed by atoms with Crippen LogP contribution >= 0.6 is 23.5 Å². The Kier molecular flexibility index (Phi) is 8.81. The Hall–Kier alpha value is -0.740. The maximum absolute atomic E-state index is 12.4. The van der Waals surface area contributed by atoms with Crippen LogP contribution in [0, 0.1) is 0 Å². The van der Waals surface area contributed by atoms with Gasteiger partial charge in [-0.15, -0.1) is 0 Å². The lowest BCUT2D eigenvalue weighted by atomic mass is 10.0. The molecule has 0 bridgehead atoms. The van der Waals surface area contributed by atoms with Crippen LogP contribution in [0.4, 0.5) is 4.79 Å². The highest BCUT2D eigenvalue weighted by atomic mass is 31.3. The maximum Gasteiger partial charge on any atom is 0.490 e. The normalized spacial score (nSPS) is 32.4. The van der Waals surface area contributed by atoms with E-state index in [2.05, 4.69) is 18.5 Å². The molecule has 1 saturated heterocycles. The van der Waals surface area contributed by atoms with Gasteiger partial charge in [-0.1, -0.05) is 0 Å². The van der Waals surface area contributed by atoms with Crippen molar-refractivity contribution >= 4 is 29.5 Å². The predicted molar refractivity (Wildman–Crippen MR) is 104 cm³/mol. The van der Waals surface area contributed by atoms with Crippen molar-refractivity contribution in [2.45, 2.75) is 43.4 Å². The van der Waals surface area contributed by atoms with Crippen LogP contribution in [-0.2, 0) is 31.6 Å². The van der Waals surface area contributed by atoms with Gasteiger partial charge in [-0.2, -0.15) is 8.62 Å². The fourth-order valence-corrected chi connectivity index (χ4v) is 5.89. The Morgan fingerprint density at radius 2 is 1.88 bits per heavy atom. The van der Waals surface area contributed by atoms with Crippen LogP contribution in [0.1, 0.15) is 19.3 Å². The van der Waals surface area contributed by atoms with Gasteiger partial charge in [0.25, 0.3) is 0 Å². The van der Waals surface area contributed by atoms with Crippen LogP contribution in [0.2, 0.25) is 0 Å². The van der Waals surface area contributed by atoms with Crippen LogP contribution < -0.4 is 16.8 Å². The van der Waals surface area contributed by atoms with E-state index in [1.54, 1.807) is 0 Å². The van der Waals surface area contributed by atoms with Crippen LogP contribution in [0.25, 0.3) is 0 Å². The van der Waals surface area contributed by atoms with Crippen molar-refractivity contribution in [1.82, 2.24) is 10.2 Å². The van der Waals surface area contributed by atoms with Crippen molar-refractivity contribution in [3.63, 3.8) is 0 Å². The molecule has 0 aromatic heterocycles. The van der Waals surface area contributed by atoms with Gasteiger partial charge in [-0.05, 0) is 25.5 Å². The molecule has 0 aromatic carbocycles. The molecule has 0 aliphatic carbocycles. The first-order valence-electron chi connectivity index (χ1n) is 8.95. The first-order chi connectivity index (χ1) is 14.5. The Morgan fingerprint density at radius 3 is 2.44 bits per heavy atom. The molecule has 20 heteroatoms. The van der Waals surface area contributed by atoms with Gasteiger partial charge >= 0.3 is 29.5 Å². The van der Waals surface area contributed by atoms with Crippen LogP contribution in [0.15, 0.2) is 12.3 Å². The molecule has 2 heterocycles. The summed E-state index contributed by atoms with van der Waals surface area (Å²) >= 11 is 0. The van der Waals surface area contributed by atoms with Gasteiger partial charge in [0.15, 0.2) is 0 Å². The lowest BCUT2D eigenvalue weighted by molar-refractivity contribution is -0.0540. The summed E-state index contributed by atoms with van der Waals surface area (Å²) in [5.41, 5.74) is 10.4. The molecule has 0 spiro atoms. The molecule has 1 fully saturated rings. The van der Waals surface area contributed by atoms with Crippen molar-refractivity contribution in [2.24, 2.45) is 11.5 Å². The lowest BCUT2D eigenvalue weighted by Gasteiger charge is -2.37. The third kappa shape index (κ3) is 8.24. The number of urea groups is 1. The second-order valence-corrected chi connectivity index (χ2v) is 11.3. The first-order valence-corrected chi connectivity index (χ1v) is 13.5. The van der Waals surface area contributed by atoms with Crippen LogP contribution in [0.5, 0.6) is 0 Å². The van der Waals surface area contributed by atoms with Gasteiger partial charge in [-0.25, -0.2) is 18.5 Å². The van der Waals surface area contributed by atoms with Gasteiger partial charge in [0.05, 0.1) is 12.7 Å². The van der Waals surface area contributed by atoms with E-state index in [0.29, 0.717) is 19.4 Å². The summed E-state index contributed by atoms with van der Waals surface area (Å²) in [7, 11) is -16.6. The van der Waals surface area contributed by atoms with Gasteiger partial charge in [-0.3, -0.25) is 9.42 Å². The molecule has 17 nitrogen and oxygen atoms in total. The zero-order chi connectivity index (χ0) is 24.4. The Morgan fingerprint density at radius 1 is 1.22 bits per heavy atom. The number of hydrogen-bond donors (Lipinski definition) is 8. The Balaban J connectivity index is 1.94. The molecular formula is C12H25N4O13P3. The van der Waals surface area contributed by atoms with E-state index < -0.39 is 60.2 Å². The average Bonchev–Trinajstić information content (AvgIpc) is 2.95. The van der Waals surface area contributed by atoms with E-state index in [9.17, 15) is 28.5 Å². The molecule has 32 heavy (non-hydrogen) atoms. The molecule has 10 N–H and O–H groups in total. The highest BCUT2D eigenvalue weighted by Gasteiger charge is 2.44. The number of hydrogen-bond acceptors (Lipinski definition) is 11. The monoisotopic (exact) mass is 526 g/mol. The molecule has 2 rings (SSSR count). The van der Waals surface area contributed by atoms with Gasteiger partial charge in [0.2, 0.25) is 0 Å². The minimum absolute atomic E-state index is 0.122. The highest BCUT2D eigenvalue weighted by Crippen LogP contribution is 2.66. The number of ether oxygens (including phenoxy) is 1. The third-order valence-corrected chi connectivity index (χ3v) is 8.04. The smallest absolute Gasteiger partial charge is 0.390 e. The minimum Gasteiger partial charge on any atom is -0.390 e. The number of carbonyl (C=O) groups is 1. The topological polar surface area (TPSA) is 274 Å². The summed E-state index contributed by atoms with van der Waals surface area (Å²) in [6.45, 7) is -0.473. The van der Waals surface area contributed by atoms with Crippen molar-refractivity contribution in [1.29, 1.82) is 0 Å². The highest BCUT2D eigenvalue weighted by molar-refractivity contribution is 7.66. The molecule has 0 radical (unpaired) electrons. The number of nitrogens with one attached hydrogen (secondary N) is 1. The van der Waals surface area contributed by atoms with Crippen LogP contribution in [0.3, 0.4) is 0 Å². The molecule has 2 amide bonds. The molecule has 2 aliphatic rings. The van der Waals surface area contributed by atoms with Crippen molar-refractivity contribution < 1.29 is 61.1 Å². The molecule has 6 atom stereocenters. The second kappa shape index (κ2) is 10.3. The SMILES string of the molecule is NCCCC1(N)C=CN([C@H]2C[C@H](O)[C@@H](COP(=O)(O)OP(=O)(O)OP(=O)(O)O)O2)C(=O)N1. The van der Waals surface area contributed by atoms with E-state index in [1.807, 2.05) is 0 Å². The quantitative estimate of drug-likeness (QED) is 0.146. The number of amides is 2. The minimum atomic E-state index is -5.67. The number of rotatable bonds is 11. The molecule has 2 aliphatic heterocycles. The van der Waals surface area contributed by atoms with Gasteiger partial charge < -0.3 is 46.2 Å². The maximum atomic E-state index is 12.4. The van der Waals surface area contributed by atoms with E-state index in [0.717, 1.165) is 4.90 Å². The van der Waals surface area contributed by atoms with Crippen molar-refractivity contribution in [3.05, 3.63) is 12.3 Å². The zero-order valence-corrected chi connectivity index (χ0v) is 19.1. The van der Waals surface area contributed by atoms with E-state index in [1.165, 1.54) is 12.3 Å². The largest absolute Gasteiger partial charge is 0.490 e. The van der Waals surface area contributed by atoms with Crippen LogP contribution in [-0.4, -0.2) is 72.9 Å². The van der Waals surface area contributed by atoms with Crippen molar-refractivity contribution in [2.75, 3.05) is 13.2 Å². The van der Waals surface area contributed by atoms with E-state index >= 15 is 0 Å². The Bertz CT molecular complexity index is 867. The lowest BCUT2D eigenvalue weighted by Crippen LogP contribution is -2.61. The standard InChI is InChI=1S/C12H25N4O13P3/c13-4-1-2-12(14)3-5-16(11(18)15-12)10-6-8(17)9(27-10)7-26-31(22,23)29-32(24,25)28-30(19,20)21/h3,5,8-10,17H,1-2,4,6-7,13-14H2,(H,15,18)(H,22,23)(H,24,25)(H2,19,20,21)/t8-,9+,10+,12?/m0/s1. The summed E-state index contributed by atoms with van der Waals surface area (Å²) in [5, 5.41) is 12.7. The predicted octanol–water partition coefficient (Wildman–Crippen LogP) is -1.26. The first kappa shape index (κ1) is 27.5. The number of phosphoric acid groups is 3. The van der Waals surface area contributed by atoms with E-state index in [-0.39, 0.29) is 6.42 Å². The summed E-state index contributed by atoms with van der Waals surface area (Å²) in [6.07, 6.45) is 0.135. The molecular weight excluding hydrogens is 501 g/mol. The number of phosphoric ester groups is 1. The molecule has 0 aromatic rings. The number of aliphatic hydroxyl groups excluding tert-OH is 1. The molecule has 0 saturated carbocycles. The number of aliphatic hydroxyl groups is 1. The summed E-state index contributed by atoms with van der Waals surface area (Å²) in [4.78, 5) is 49.1. The summed E-state index contributed by atoms with van der Waals surface area (Å²) in [5.74, 6) is 0. The Labute approximate surface area is 181 Å².